The second-order valence-electron chi connectivity index (χ2n) is 7.13. The quantitative estimate of drug-likeness (QED) is 0.727. The Balaban J connectivity index is 1.68. The summed E-state index contributed by atoms with van der Waals surface area (Å²) in [6, 6.07) is 6.27. The van der Waals surface area contributed by atoms with Crippen molar-refractivity contribution in [3.05, 3.63) is 30.1 Å². The molecule has 6 nitrogen and oxygen atoms in total. The molecule has 0 bridgehead atoms. The van der Waals surface area contributed by atoms with Crippen LogP contribution in [0.5, 0.6) is 0 Å². The van der Waals surface area contributed by atoms with Crippen LogP contribution in [0, 0.1) is 0 Å². The van der Waals surface area contributed by atoms with E-state index in [9.17, 15) is 9.90 Å². The third-order valence-electron chi connectivity index (χ3n) is 5.28. The minimum atomic E-state index is -0.917. The van der Waals surface area contributed by atoms with E-state index in [1.165, 1.54) is 12.8 Å². The van der Waals surface area contributed by atoms with Crippen molar-refractivity contribution in [2.45, 2.75) is 37.8 Å². The molecular formula is C19H22N4O2S. The lowest BCUT2D eigenvalue weighted by Gasteiger charge is -2.33. The summed E-state index contributed by atoms with van der Waals surface area (Å²) in [4.78, 5) is 23.4. The van der Waals surface area contributed by atoms with Gasteiger partial charge in [-0.2, -0.15) is 0 Å². The number of benzene rings is 1. The van der Waals surface area contributed by atoms with Crippen molar-refractivity contribution in [3.8, 4) is 0 Å². The number of nitrogens with zero attached hydrogens (tertiary/aromatic N) is 3. The van der Waals surface area contributed by atoms with Gasteiger partial charge >= 0.3 is 5.97 Å². The van der Waals surface area contributed by atoms with Crippen molar-refractivity contribution in [3.63, 3.8) is 0 Å². The Morgan fingerprint density at radius 2 is 2.00 bits per heavy atom. The fourth-order valence-electron chi connectivity index (χ4n) is 3.78. The second kappa shape index (κ2) is 6.81. The highest BCUT2D eigenvalue weighted by Crippen LogP contribution is 2.37. The van der Waals surface area contributed by atoms with Crippen molar-refractivity contribution in [2.75, 3.05) is 19.4 Å². The summed E-state index contributed by atoms with van der Waals surface area (Å²) in [5, 5.41) is 14.8. The molecule has 136 valence electrons. The fraction of sp³-hybridized carbons (Fsp3) is 0.421. The normalized spacial score (nSPS) is 20.7. The molecule has 0 atom stereocenters. The minimum Gasteiger partial charge on any atom is -0.478 e. The van der Waals surface area contributed by atoms with Gasteiger partial charge in [0.2, 0.25) is 0 Å². The Morgan fingerprint density at radius 1 is 1.23 bits per heavy atom. The molecule has 4 rings (SSSR count). The van der Waals surface area contributed by atoms with E-state index in [0.717, 1.165) is 39.0 Å². The first-order chi connectivity index (χ1) is 12.5. The van der Waals surface area contributed by atoms with Gasteiger partial charge in [-0.25, -0.2) is 14.8 Å². The van der Waals surface area contributed by atoms with Crippen LogP contribution in [0.4, 0.5) is 5.82 Å². The third-order valence-corrected chi connectivity index (χ3v) is 6.36. The van der Waals surface area contributed by atoms with Gasteiger partial charge in [-0.15, -0.1) is 11.3 Å². The average molecular weight is 370 g/mol. The molecule has 1 aliphatic rings. The highest BCUT2D eigenvalue weighted by molar-refractivity contribution is 7.25. The fourth-order valence-corrected chi connectivity index (χ4v) is 4.80. The van der Waals surface area contributed by atoms with Gasteiger partial charge in [-0.05, 0) is 58.0 Å². The van der Waals surface area contributed by atoms with E-state index in [-0.39, 0.29) is 0 Å². The van der Waals surface area contributed by atoms with Gasteiger partial charge in [-0.1, -0.05) is 0 Å². The van der Waals surface area contributed by atoms with E-state index in [4.69, 9.17) is 0 Å². The van der Waals surface area contributed by atoms with Crippen LogP contribution in [-0.4, -0.2) is 52.1 Å². The molecule has 26 heavy (non-hydrogen) atoms. The van der Waals surface area contributed by atoms with Crippen LogP contribution in [0.15, 0.2) is 24.5 Å². The summed E-state index contributed by atoms with van der Waals surface area (Å²) >= 11 is 1.57. The first-order valence-corrected chi connectivity index (χ1v) is 9.68. The number of aromatic nitrogens is 2. The van der Waals surface area contributed by atoms with E-state index < -0.39 is 5.97 Å². The van der Waals surface area contributed by atoms with Crippen LogP contribution < -0.4 is 5.32 Å². The Labute approximate surface area is 155 Å². The monoisotopic (exact) mass is 370 g/mol. The van der Waals surface area contributed by atoms with E-state index in [2.05, 4.69) is 34.3 Å². The molecule has 1 saturated carbocycles. The maximum atomic E-state index is 11.3. The number of anilines is 1. The van der Waals surface area contributed by atoms with Crippen LogP contribution >= 0.6 is 11.3 Å². The average Bonchev–Trinajstić information content (AvgIpc) is 3.00. The Hall–Kier alpha value is -2.25. The zero-order chi connectivity index (χ0) is 18.3. The number of aromatic carboxylic acids is 1. The molecule has 2 N–H and O–H groups in total. The predicted molar refractivity (Wildman–Crippen MR) is 105 cm³/mol. The number of nitrogens with one attached hydrogen (secondary N) is 1. The zero-order valence-electron chi connectivity index (χ0n) is 14.9. The number of carboxylic acid groups (broad SMARTS) is 1. The SMILES string of the molecule is CN(C)[C@H]1CC[C@H](Nc2ncnc3sc4ccc(C(=O)O)cc4c23)CC1. The molecule has 2 heterocycles. The summed E-state index contributed by atoms with van der Waals surface area (Å²) in [6.07, 6.45) is 6.15. The van der Waals surface area contributed by atoms with Crippen LogP contribution in [0.2, 0.25) is 0 Å². The number of carbonyl (C=O) groups is 1. The van der Waals surface area contributed by atoms with Gasteiger partial charge in [0.25, 0.3) is 0 Å². The number of carboxylic acids is 1. The van der Waals surface area contributed by atoms with Crippen molar-refractivity contribution < 1.29 is 9.90 Å². The summed E-state index contributed by atoms with van der Waals surface area (Å²) in [7, 11) is 4.29. The highest BCUT2D eigenvalue weighted by Gasteiger charge is 2.23. The van der Waals surface area contributed by atoms with Gasteiger partial charge in [0.05, 0.1) is 10.9 Å². The first-order valence-electron chi connectivity index (χ1n) is 8.86. The molecule has 0 unspecified atom stereocenters. The lowest BCUT2D eigenvalue weighted by atomic mass is 9.90. The maximum Gasteiger partial charge on any atom is 0.335 e. The van der Waals surface area contributed by atoms with Gasteiger partial charge < -0.3 is 15.3 Å². The molecule has 7 heteroatoms. The van der Waals surface area contributed by atoms with E-state index in [1.807, 2.05) is 6.07 Å². The largest absolute Gasteiger partial charge is 0.478 e. The Bertz CT molecular complexity index is 961. The standard InChI is InChI=1S/C19H22N4O2S/c1-23(2)13-6-4-12(5-7-13)22-17-16-14-9-11(19(24)25)3-8-15(14)26-18(16)21-10-20-17/h3,8-10,12-13H,4-7H2,1-2H3,(H,24,25)(H,20,21,22)/t12-,13-. The Kier molecular flexibility index (Phi) is 4.50. The van der Waals surface area contributed by atoms with Crippen molar-refractivity contribution >= 4 is 43.4 Å². The summed E-state index contributed by atoms with van der Waals surface area (Å²) in [5.41, 5.74) is 0.290. The summed E-state index contributed by atoms with van der Waals surface area (Å²) < 4.78 is 1.03. The molecule has 1 aromatic carbocycles. The molecule has 1 aliphatic carbocycles. The van der Waals surface area contributed by atoms with E-state index in [1.54, 1.807) is 29.8 Å². The van der Waals surface area contributed by atoms with Gasteiger partial charge in [-0.3, -0.25) is 0 Å². The number of fused-ring (bicyclic) bond motifs is 3. The zero-order valence-corrected chi connectivity index (χ0v) is 15.7. The van der Waals surface area contributed by atoms with Crippen molar-refractivity contribution in [2.24, 2.45) is 0 Å². The molecule has 0 amide bonds. The van der Waals surface area contributed by atoms with Crippen molar-refractivity contribution in [1.82, 2.24) is 14.9 Å². The van der Waals surface area contributed by atoms with Gasteiger partial charge in [0, 0.05) is 22.2 Å². The van der Waals surface area contributed by atoms with E-state index in [0.29, 0.717) is 17.6 Å². The second-order valence-corrected chi connectivity index (χ2v) is 8.16. The van der Waals surface area contributed by atoms with Gasteiger partial charge in [0.1, 0.15) is 17.0 Å². The third kappa shape index (κ3) is 3.12. The van der Waals surface area contributed by atoms with Crippen LogP contribution in [0.1, 0.15) is 36.0 Å². The van der Waals surface area contributed by atoms with Crippen LogP contribution in [0.3, 0.4) is 0 Å². The lowest BCUT2D eigenvalue weighted by molar-refractivity contribution is 0.0697. The van der Waals surface area contributed by atoms with Crippen molar-refractivity contribution in [1.29, 1.82) is 0 Å². The first kappa shape index (κ1) is 17.2. The highest BCUT2D eigenvalue weighted by atomic mass is 32.1. The number of thiophene rings is 1. The lowest BCUT2D eigenvalue weighted by Crippen LogP contribution is -2.36. The summed E-state index contributed by atoms with van der Waals surface area (Å²) in [6.45, 7) is 0. The number of hydrogen-bond donors (Lipinski definition) is 2. The molecular weight excluding hydrogens is 348 g/mol. The molecule has 3 aromatic rings. The maximum absolute atomic E-state index is 11.3. The molecule has 2 aromatic heterocycles. The van der Waals surface area contributed by atoms with Crippen LogP contribution in [0.25, 0.3) is 20.3 Å². The number of rotatable bonds is 4. The van der Waals surface area contributed by atoms with E-state index >= 15 is 0 Å². The summed E-state index contributed by atoms with van der Waals surface area (Å²) in [5.74, 6) is -0.100. The molecule has 0 aliphatic heterocycles. The minimum absolute atomic E-state index is 0.290. The molecule has 1 fully saturated rings. The predicted octanol–water partition coefficient (Wildman–Crippen LogP) is 3.83. The molecule has 0 spiro atoms. The molecule has 0 radical (unpaired) electrons. The topological polar surface area (TPSA) is 78.3 Å². The van der Waals surface area contributed by atoms with Gasteiger partial charge in [0.15, 0.2) is 0 Å². The number of hydrogen-bond acceptors (Lipinski definition) is 6. The smallest absolute Gasteiger partial charge is 0.335 e. The molecule has 0 saturated heterocycles. The Morgan fingerprint density at radius 3 is 2.69 bits per heavy atom. The van der Waals surface area contributed by atoms with Crippen LogP contribution in [-0.2, 0) is 0 Å².